The molecule has 1 aromatic rings. The third-order valence-electron chi connectivity index (χ3n) is 1.37. The zero-order chi connectivity index (χ0) is 6.10. The lowest BCUT2D eigenvalue weighted by Gasteiger charge is -1.84. The van der Waals surface area contributed by atoms with Crippen LogP contribution in [0.15, 0.2) is 30.1 Å². The quantitative estimate of drug-likeness (QED) is 0.358. The van der Waals surface area contributed by atoms with Crippen molar-refractivity contribution >= 4 is 12.3 Å². The maximum absolute atomic E-state index is 3.00. The number of fused-ring (bicyclic) bond motifs is 1. The van der Waals surface area contributed by atoms with Crippen molar-refractivity contribution < 1.29 is 4.57 Å². The lowest BCUT2D eigenvalue weighted by atomic mass is 10.3. The third-order valence-corrected chi connectivity index (χ3v) is 1.37. The average Bonchev–Trinajstić information content (AvgIpc) is 2.33. The monoisotopic (exact) mass is 116 g/mol. The minimum absolute atomic E-state index is 1.19. The third kappa shape index (κ3) is 0.592. The molecule has 0 aromatic carbocycles. The van der Waals surface area contributed by atoms with Crippen LogP contribution in [0, 0.1) is 0 Å². The minimum Gasteiger partial charge on any atom is -0.159 e. The van der Waals surface area contributed by atoms with Gasteiger partial charge in [-0.15, -0.1) is 0 Å². The lowest BCUT2D eigenvalue weighted by Crippen LogP contribution is -2.26. The summed E-state index contributed by atoms with van der Waals surface area (Å²) >= 11 is 0. The Hall–Kier alpha value is -1.33. The van der Waals surface area contributed by atoms with E-state index >= 15 is 0 Å². The Bertz CT molecular complexity index is 266. The van der Waals surface area contributed by atoms with Crippen molar-refractivity contribution in [1.82, 2.24) is 0 Å². The maximum Gasteiger partial charge on any atom is 0.219 e. The Morgan fingerprint density at radius 1 is 1.33 bits per heavy atom. The fraction of sp³-hybridized carbons (Fsp3) is 0. The molecule has 0 unspecified atom stereocenters. The van der Waals surface area contributed by atoms with Crippen molar-refractivity contribution in [1.29, 1.82) is 0 Å². The van der Waals surface area contributed by atoms with Crippen LogP contribution >= 0.6 is 0 Å². The summed E-state index contributed by atoms with van der Waals surface area (Å²) in [5.41, 5.74) is 4.19. The minimum atomic E-state index is 1.19. The van der Waals surface area contributed by atoms with Gasteiger partial charge in [-0.25, -0.2) is 0 Å². The van der Waals surface area contributed by atoms with Crippen LogP contribution in [0.4, 0.5) is 0 Å². The van der Waals surface area contributed by atoms with E-state index in [0.29, 0.717) is 0 Å². The Kier molecular flexibility index (Phi) is 0.794. The fourth-order valence-corrected chi connectivity index (χ4v) is 0.912. The SMILES string of the molecule is C1=Cc2cccc[n+]2C=1. The van der Waals surface area contributed by atoms with Crippen LogP contribution in [0.25, 0.3) is 12.3 Å². The number of pyridine rings is 1. The highest BCUT2D eigenvalue weighted by Gasteiger charge is 2.04. The van der Waals surface area contributed by atoms with Gasteiger partial charge in [0, 0.05) is 12.1 Å². The normalized spacial score (nSPS) is 12.0. The Morgan fingerprint density at radius 3 is 3.22 bits per heavy atom. The summed E-state index contributed by atoms with van der Waals surface area (Å²) in [6.45, 7) is 0. The zero-order valence-corrected chi connectivity index (χ0v) is 4.91. The van der Waals surface area contributed by atoms with Crippen molar-refractivity contribution in [2.75, 3.05) is 0 Å². The van der Waals surface area contributed by atoms with Crippen LogP contribution in [0.1, 0.15) is 5.69 Å². The molecule has 1 heteroatoms. The predicted octanol–water partition coefficient (Wildman–Crippen LogP) is 1.07. The lowest BCUT2D eigenvalue weighted by molar-refractivity contribution is -0.568. The van der Waals surface area contributed by atoms with E-state index in [-0.39, 0.29) is 0 Å². The number of hydrogen-bond donors (Lipinski definition) is 0. The van der Waals surface area contributed by atoms with E-state index in [2.05, 4.69) is 11.8 Å². The Morgan fingerprint density at radius 2 is 2.33 bits per heavy atom. The molecule has 9 heavy (non-hydrogen) atoms. The molecule has 1 aromatic heterocycles. The van der Waals surface area contributed by atoms with E-state index in [1.54, 1.807) is 0 Å². The number of nitrogens with zero attached hydrogens (tertiary/aromatic N) is 1. The van der Waals surface area contributed by atoms with Gasteiger partial charge < -0.3 is 0 Å². The summed E-state index contributed by atoms with van der Waals surface area (Å²) in [4.78, 5) is 0. The van der Waals surface area contributed by atoms with Crippen LogP contribution in [0.2, 0.25) is 0 Å². The summed E-state index contributed by atoms with van der Waals surface area (Å²) in [6, 6.07) is 6.07. The molecule has 1 nitrogen and oxygen atoms in total. The molecule has 1 aliphatic rings. The van der Waals surface area contributed by atoms with E-state index in [1.165, 1.54) is 5.69 Å². The van der Waals surface area contributed by atoms with Crippen LogP contribution in [0.5, 0.6) is 0 Å². The van der Waals surface area contributed by atoms with Gasteiger partial charge in [0.1, 0.15) is 0 Å². The van der Waals surface area contributed by atoms with Crippen molar-refractivity contribution in [2.45, 2.75) is 0 Å². The molecule has 0 N–H and O–H groups in total. The summed E-state index contributed by atoms with van der Waals surface area (Å²) in [5.74, 6) is 0. The van der Waals surface area contributed by atoms with Crippen molar-refractivity contribution in [3.05, 3.63) is 35.8 Å². The van der Waals surface area contributed by atoms with Gasteiger partial charge in [-0.1, -0.05) is 0 Å². The molecule has 0 amide bonds. The standard InChI is InChI=1S/C8H6N/c1-2-6-9-7-3-5-8(9)4-1/h1-2,4-7H/q+1. The van der Waals surface area contributed by atoms with Crippen molar-refractivity contribution in [3.63, 3.8) is 0 Å². The highest BCUT2D eigenvalue weighted by atomic mass is 14.9. The second-order valence-corrected chi connectivity index (χ2v) is 1.97. The molecule has 0 bridgehead atoms. The second-order valence-electron chi connectivity index (χ2n) is 1.97. The first-order valence-corrected chi connectivity index (χ1v) is 2.89. The van der Waals surface area contributed by atoms with Gasteiger partial charge in [0.15, 0.2) is 6.20 Å². The number of hydrogen-bond acceptors (Lipinski definition) is 0. The largest absolute Gasteiger partial charge is 0.219 e. The van der Waals surface area contributed by atoms with Crippen molar-refractivity contribution in [3.8, 4) is 0 Å². The molecule has 0 saturated heterocycles. The summed E-state index contributed by atoms with van der Waals surface area (Å²) in [7, 11) is 0. The first kappa shape index (κ1) is 4.54. The molecule has 1 aliphatic heterocycles. The highest BCUT2D eigenvalue weighted by Crippen LogP contribution is 1.97. The van der Waals surface area contributed by atoms with Gasteiger partial charge in [0.25, 0.3) is 0 Å². The Balaban J connectivity index is 2.72. The molecule has 0 spiro atoms. The summed E-state index contributed by atoms with van der Waals surface area (Å²) < 4.78 is 2.03. The molecule has 0 radical (unpaired) electrons. The van der Waals surface area contributed by atoms with Crippen LogP contribution in [0.3, 0.4) is 0 Å². The highest BCUT2D eigenvalue weighted by molar-refractivity contribution is 5.47. The summed E-state index contributed by atoms with van der Waals surface area (Å²) in [6.07, 6.45) is 5.88. The number of rotatable bonds is 0. The molecule has 0 fully saturated rings. The predicted molar refractivity (Wildman–Crippen MR) is 35.4 cm³/mol. The molecule has 2 heterocycles. The Labute approximate surface area is 53.6 Å². The van der Waals surface area contributed by atoms with E-state index in [9.17, 15) is 0 Å². The van der Waals surface area contributed by atoms with Gasteiger partial charge in [-0.2, -0.15) is 4.57 Å². The zero-order valence-electron chi connectivity index (χ0n) is 4.91. The molecular weight excluding hydrogens is 110 g/mol. The second kappa shape index (κ2) is 1.57. The van der Waals surface area contributed by atoms with E-state index < -0.39 is 0 Å². The smallest absolute Gasteiger partial charge is 0.159 e. The van der Waals surface area contributed by atoms with E-state index in [1.807, 2.05) is 35.2 Å². The molecule has 0 aliphatic carbocycles. The number of aromatic nitrogens is 1. The topological polar surface area (TPSA) is 3.88 Å². The van der Waals surface area contributed by atoms with Crippen molar-refractivity contribution in [2.24, 2.45) is 0 Å². The summed E-state index contributed by atoms with van der Waals surface area (Å²) in [5, 5.41) is 0. The molecule has 42 valence electrons. The molecular formula is C8H6N+. The molecule has 0 saturated carbocycles. The van der Waals surface area contributed by atoms with Gasteiger partial charge in [-0.3, -0.25) is 0 Å². The maximum atomic E-state index is 3.00. The van der Waals surface area contributed by atoms with Crippen LogP contribution in [-0.4, -0.2) is 0 Å². The first-order valence-electron chi connectivity index (χ1n) is 2.89. The van der Waals surface area contributed by atoms with Gasteiger partial charge in [-0.05, 0) is 11.8 Å². The van der Waals surface area contributed by atoms with E-state index in [0.717, 1.165) is 0 Å². The van der Waals surface area contributed by atoms with Gasteiger partial charge in [0.05, 0.1) is 6.08 Å². The first-order chi connectivity index (χ1) is 4.47. The average molecular weight is 116 g/mol. The molecule has 0 atom stereocenters. The molecule has 2 rings (SSSR count). The van der Waals surface area contributed by atoms with Crippen LogP contribution < -0.4 is 4.57 Å². The van der Waals surface area contributed by atoms with Gasteiger partial charge >= 0.3 is 0 Å². The van der Waals surface area contributed by atoms with Crippen LogP contribution in [-0.2, 0) is 0 Å². The van der Waals surface area contributed by atoms with E-state index in [4.69, 9.17) is 0 Å². The fourth-order valence-electron chi connectivity index (χ4n) is 0.912. The van der Waals surface area contributed by atoms with Gasteiger partial charge in [0.2, 0.25) is 11.9 Å².